The fourth-order valence-corrected chi connectivity index (χ4v) is 3.23. The van der Waals surface area contributed by atoms with Gasteiger partial charge in [0.15, 0.2) is 11.5 Å². The highest BCUT2D eigenvalue weighted by Gasteiger charge is 2.22. The maximum absolute atomic E-state index is 12.6. The number of aromatic nitrogens is 2. The van der Waals surface area contributed by atoms with Gasteiger partial charge < -0.3 is 8.92 Å². The maximum Gasteiger partial charge on any atom is 0.342 e. The number of nitriles is 1. The molecular formula is C19H17N3O4S. The summed E-state index contributed by atoms with van der Waals surface area (Å²) in [5, 5.41) is 13.1. The SMILES string of the molecule is CCOc1cc(C#N)ccc1OS(=O)(=O)c1cnn(-c2ccc(C)cc2)c1. The fraction of sp³-hybridized carbons (Fsp3) is 0.158. The summed E-state index contributed by atoms with van der Waals surface area (Å²) >= 11 is 0. The van der Waals surface area contributed by atoms with E-state index in [9.17, 15) is 8.42 Å². The van der Waals surface area contributed by atoms with Crippen LogP contribution in [0.4, 0.5) is 0 Å². The number of benzene rings is 2. The van der Waals surface area contributed by atoms with Gasteiger partial charge in [-0.25, -0.2) is 4.68 Å². The molecule has 0 saturated heterocycles. The van der Waals surface area contributed by atoms with Gasteiger partial charge in [-0.05, 0) is 38.1 Å². The van der Waals surface area contributed by atoms with Crippen LogP contribution in [0.25, 0.3) is 5.69 Å². The second kappa shape index (κ2) is 7.51. The average Bonchev–Trinajstić information content (AvgIpc) is 3.15. The van der Waals surface area contributed by atoms with E-state index in [0.29, 0.717) is 12.2 Å². The van der Waals surface area contributed by atoms with Gasteiger partial charge in [-0.1, -0.05) is 17.7 Å². The van der Waals surface area contributed by atoms with Crippen LogP contribution in [0.1, 0.15) is 18.1 Å². The lowest BCUT2D eigenvalue weighted by atomic mass is 10.2. The number of hydrogen-bond acceptors (Lipinski definition) is 6. The molecular weight excluding hydrogens is 366 g/mol. The number of aryl methyl sites for hydroxylation is 1. The minimum Gasteiger partial charge on any atom is -0.490 e. The third-order valence-corrected chi connectivity index (χ3v) is 4.91. The van der Waals surface area contributed by atoms with Crippen molar-refractivity contribution < 1.29 is 17.3 Å². The molecule has 0 N–H and O–H groups in total. The van der Waals surface area contributed by atoms with Crippen molar-refractivity contribution in [2.24, 2.45) is 0 Å². The molecule has 0 fully saturated rings. The molecule has 1 aromatic heterocycles. The number of ether oxygens (including phenoxy) is 1. The number of nitrogens with zero attached hydrogens (tertiary/aromatic N) is 3. The Balaban J connectivity index is 1.90. The lowest BCUT2D eigenvalue weighted by Gasteiger charge is -2.11. The monoisotopic (exact) mass is 383 g/mol. The van der Waals surface area contributed by atoms with Crippen molar-refractivity contribution in [1.82, 2.24) is 9.78 Å². The van der Waals surface area contributed by atoms with E-state index in [4.69, 9.17) is 14.2 Å². The van der Waals surface area contributed by atoms with E-state index < -0.39 is 10.1 Å². The highest BCUT2D eigenvalue weighted by Crippen LogP contribution is 2.31. The van der Waals surface area contributed by atoms with Crippen molar-refractivity contribution in [3.05, 3.63) is 66.0 Å². The van der Waals surface area contributed by atoms with Crippen LogP contribution >= 0.6 is 0 Å². The van der Waals surface area contributed by atoms with Crippen molar-refractivity contribution in [1.29, 1.82) is 5.26 Å². The minimum absolute atomic E-state index is 0.0129. The third-order valence-electron chi connectivity index (χ3n) is 3.72. The Morgan fingerprint density at radius 3 is 2.56 bits per heavy atom. The Labute approximate surface area is 157 Å². The van der Waals surface area contributed by atoms with Gasteiger partial charge in [0.2, 0.25) is 0 Å². The highest BCUT2D eigenvalue weighted by atomic mass is 32.2. The predicted molar refractivity (Wildman–Crippen MR) is 98.4 cm³/mol. The molecule has 3 aromatic rings. The van der Waals surface area contributed by atoms with Gasteiger partial charge in [-0.3, -0.25) is 0 Å². The fourth-order valence-electron chi connectivity index (χ4n) is 2.36. The van der Waals surface area contributed by atoms with E-state index >= 15 is 0 Å². The molecule has 7 nitrogen and oxygen atoms in total. The summed E-state index contributed by atoms with van der Waals surface area (Å²) in [6, 6.07) is 13.8. The van der Waals surface area contributed by atoms with Gasteiger partial charge in [-0.2, -0.15) is 18.8 Å². The normalized spacial score (nSPS) is 11.0. The lowest BCUT2D eigenvalue weighted by molar-refractivity contribution is 0.327. The molecule has 3 rings (SSSR count). The van der Waals surface area contributed by atoms with Crippen molar-refractivity contribution in [2.75, 3.05) is 6.61 Å². The van der Waals surface area contributed by atoms with Crippen molar-refractivity contribution in [3.63, 3.8) is 0 Å². The molecule has 0 atom stereocenters. The molecule has 2 aromatic carbocycles. The molecule has 8 heteroatoms. The minimum atomic E-state index is -4.12. The Bertz CT molecular complexity index is 1100. The van der Waals surface area contributed by atoms with Crippen LogP contribution in [0.15, 0.2) is 59.8 Å². The maximum atomic E-state index is 12.6. The van der Waals surface area contributed by atoms with E-state index in [1.807, 2.05) is 37.3 Å². The van der Waals surface area contributed by atoms with Gasteiger partial charge in [0.25, 0.3) is 0 Å². The van der Waals surface area contributed by atoms with E-state index in [1.165, 1.54) is 35.3 Å². The molecule has 0 spiro atoms. The van der Waals surface area contributed by atoms with Crippen molar-refractivity contribution >= 4 is 10.1 Å². The van der Waals surface area contributed by atoms with Crippen LogP contribution in [0, 0.1) is 18.3 Å². The Kier molecular flexibility index (Phi) is 5.14. The highest BCUT2D eigenvalue weighted by molar-refractivity contribution is 7.87. The first-order valence-electron chi connectivity index (χ1n) is 8.16. The second-order valence-corrected chi connectivity index (χ2v) is 7.25. The molecule has 0 saturated carbocycles. The van der Waals surface area contributed by atoms with Crippen LogP contribution in [0.2, 0.25) is 0 Å². The second-order valence-electron chi connectivity index (χ2n) is 5.70. The summed E-state index contributed by atoms with van der Waals surface area (Å²) in [5.41, 5.74) is 2.16. The first-order valence-corrected chi connectivity index (χ1v) is 9.57. The molecule has 0 radical (unpaired) electrons. The van der Waals surface area contributed by atoms with E-state index in [1.54, 1.807) is 6.92 Å². The first kappa shape index (κ1) is 18.5. The molecule has 0 aliphatic heterocycles. The Morgan fingerprint density at radius 2 is 1.89 bits per heavy atom. The van der Waals surface area contributed by atoms with Gasteiger partial charge in [-0.15, -0.1) is 0 Å². The van der Waals surface area contributed by atoms with Gasteiger partial charge in [0, 0.05) is 6.07 Å². The van der Waals surface area contributed by atoms with Crippen LogP contribution < -0.4 is 8.92 Å². The zero-order valence-corrected chi connectivity index (χ0v) is 15.6. The van der Waals surface area contributed by atoms with Crippen LogP contribution in [0.5, 0.6) is 11.5 Å². The summed E-state index contributed by atoms with van der Waals surface area (Å²) < 4.78 is 37.3. The molecule has 1 heterocycles. The van der Waals surface area contributed by atoms with E-state index in [2.05, 4.69) is 5.10 Å². The largest absolute Gasteiger partial charge is 0.490 e. The average molecular weight is 383 g/mol. The third kappa shape index (κ3) is 4.10. The topological polar surface area (TPSA) is 94.2 Å². The molecule has 0 aliphatic carbocycles. The summed E-state index contributed by atoms with van der Waals surface area (Å²) in [6.07, 6.45) is 2.60. The Hall–Kier alpha value is -3.31. The smallest absolute Gasteiger partial charge is 0.342 e. The van der Waals surface area contributed by atoms with E-state index in [0.717, 1.165) is 11.3 Å². The molecule has 0 amide bonds. The number of rotatable bonds is 6. The summed E-state index contributed by atoms with van der Waals surface area (Å²) in [7, 11) is -4.12. The van der Waals surface area contributed by atoms with Gasteiger partial charge in [0.05, 0.1) is 36.3 Å². The van der Waals surface area contributed by atoms with Crippen molar-refractivity contribution in [3.8, 4) is 23.3 Å². The zero-order chi connectivity index (χ0) is 19.4. The predicted octanol–water partition coefficient (Wildman–Crippen LogP) is 3.22. The first-order chi connectivity index (χ1) is 12.9. The quantitative estimate of drug-likeness (QED) is 0.607. The standard InChI is InChI=1S/C19H17N3O4S/c1-3-25-19-10-15(11-20)6-9-18(19)26-27(23,24)17-12-21-22(13-17)16-7-4-14(2)5-8-16/h4-10,12-13H,3H2,1-2H3. The zero-order valence-electron chi connectivity index (χ0n) is 14.8. The van der Waals surface area contributed by atoms with Crippen LogP contribution in [-0.4, -0.2) is 24.8 Å². The van der Waals surface area contributed by atoms with Crippen LogP contribution in [0.3, 0.4) is 0 Å². The Morgan fingerprint density at radius 1 is 1.15 bits per heavy atom. The lowest BCUT2D eigenvalue weighted by Crippen LogP contribution is -2.10. The summed E-state index contributed by atoms with van der Waals surface area (Å²) in [6.45, 7) is 4.02. The summed E-state index contributed by atoms with van der Waals surface area (Å²) in [5.74, 6) is 0.199. The number of hydrogen-bond donors (Lipinski definition) is 0. The molecule has 0 unspecified atom stereocenters. The van der Waals surface area contributed by atoms with Crippen LogP contribution in [-0.2, 0) is 10.1 Å². The van der Waals surface area contributed by atoms with E-state index in [-0.39, 0.29) is 16.4 Å². The van der Waals surface area contributed by atoms with Gasteiger partial charge in [0.1, 0.15) is 4.90 Å². The van der Waals surface area contributed by atoms with Gasteiger partial charge >= 0.3 is 10.1 Å². The molecule has 0 aliphatic rings. The molecule has 27 heavy (non-hydrogen) atoms. The van der Waals surface area contributed by atoms with Crippen molar-refractivity contribution in [2.45, 2.75) is 18.7 Å². The summed E-state index contributed by atoms with van der Waals surface area (Å²) in [4.78, 5) is -0.0881. The molecule has 138 valence electrons. The molecule has 0 bridgehead atoms.